The Morgan fingerprint density at radius 1 is 1.43 bits per heavy atom. The lowest BCUT2D eigenvalue weighted by atomic mass is 10.2. The lowest BCUT2D eigenvalue weighted by Crippen LogP contribution is -2.44. The summed E-state index contributed by atoms with van der Waals surface area (Å²) >= 11 is 0. The first-order chi connectivity index (χ1) is 6.47. The van der Waals surface area contributed by atoms with Crippen molar-refractivity contribution in [3.8, 4) is 0 Å². The van der Waals surface area contributed by atoms with Crippen molar-refractivity contribution in [2.75, 3.05) is 6.61 Å². The number of amides is 1. The molecule has 3 N–H and O–H groups in total. The van der Waals surface area contributed by atoms with Crippen LogP contribution in [0, 0.1) is 0 Å². The minimum atomic E-state index is -0.431. The second kappa shape index (κ2) is 6.37. The number of primary amides is 1. The molecule has 0 aromatic heterocycles. The van der Waals surface area contributed by atoms with E-state index in [0.717, 1.165) is 0 Å². The van der Waals surface area contributed by atoms with Gasteiger partial charge in [0.1, 0.15) is 0 Å². The van der Waals surface area contributed by atoms with Crippen molar-refractivity contribution in [3.05, 3.63) is 0 Å². The molecule has 0 rings (SSSR count). The molecule has 0 aliphatic heterocycles. The maximum atomic E-state index is 11.0. The van der Waals surface area contributed by atoms with Gasteiger partial charge in [0.25, 0.3) is 0 Å². The molecule has 0 bridgehead atoms. The monoisotopic (exact) mass is 202 g/mol. The summed E-state index contributed by atoms with van der Waals surface area (Å²) in [6.45, 7) is 5.58. The summed E-state index contributed by atoms with van der Waals surface area (Å²) in [7, 11) is 0. The van der Waals surface area contributed by atoms with Gasteiger partial charge in [0.05, 0.1) is 19.1 Å². The van der Waals surface area contributed by atoms with Gasteiger partial charge in [-0.3, -0.25) is 9.59 Å². The van der Waals surface area contributed by atoms with Crippen LogP contribution in [0.2, 0.25) is 0 Å². The maximum absolute atomic E-state index is 11.0. The summed E-state index contributed by atoms with van der Waals surface area (Å²) in [6.07, 6.45) is 0.242. The van der Waals surface area contributed by atoms with Crippen LogP contribution in [0.3, 0.4) is 0 Å². The summed E-state index contributed by atoms with van der Waals surface area (Å²) in [5.41, 5.74) is 5.06. The molecule has 0 aromatic carbocycles. The number of carbonyl (C=O) groups excluding carboxylic acids is 2. The van der Waals surface area contributed by atoms with Crippen molar-refractivity contribution in [1.82, 2.24) is 5.32 Å². The molecule has 0 aliphatic carbocycles. The van der Waals surface area contributed by atoms with E-state index in [4.69, 9.17) is 10.5 Å². The number of hydrogen-bond acceptors (Lipinski definition) is 4. The highest BCUT2D eigenvalue weighted by molar-refractivity contribution is 5.79. The Morgan fingerprint density at radius 2 is 2.00 bits per heavy atom. The smallest absolute Gasteiger partial charge is 0.307 e. The number of nitrogens with two attached hydrogens (primary N) is 1. The van der Waals surface area contributed by atoms with Gasteiger partial charge in [-0.05, 0) is 20.8 Å². The Labute approximate surface area is 84.0 Å². The molecule has 1 amide bonds. The fourth-order valence-corrected chi connectivity index (χ4v) is 1.04. The van der Waals surface area contributed by atoms with E-state index in [1.54, 1.807) is 20.8 Å². The van der Waals surface area contributed by atoms with Crippen LogP contribution in [0.25, 0.3) is 0 Å². The van der Waals surface area contributed by atoms with Gasteiger partial charge in [-0.1, -0.05) is 0 Å². The van der Waals surface area contributed by atoms with Crippen LogP contribution in [0.15, 0.2) is 0 Å². The van der Waals surface area contributed by atoms with Crippen molar-refractivity contribution in [3.63, 3.8) is 0 Å². The zero-order valence-electron chi connectivity index (χ0n) is 8.87. The number of carbonyl (C=O) groups is 2. The molecule has 0 heterocycles. The molecule has 5 nitrogen and oxygen atoms in total. The quantitative estimate of drug-likeness (QED) is 0.584. The maximum Gasteiger partial charge on any atom is 0.307 e. The van der Waals surface area contributed by atoms with E-state index in [1.165, 1.54) is 0 Å². The first kappa shape index (κ1) is 12.9. The number of ether oxygens (including phenoxy) is 1. The van der Waals surface area contributed by atoms with Crippen LogP contribution in [0.5, 0.6) is 0 Å². The normalized spacial score (nSPS) is 14.5. The lowest BCUT2D eigenvalue weighted by Gasteiger charge is -2.16. The highest BCUT2D eigenvalue weighted by Crippen LogP contribution is 1.95. The van der Waals surface area contributed by atoms with Crippen LogP contribution in [0.1, 0.15) is 27.2 Å². The van der Waals surface area contributed by atoms with E-state index in [2.05, 4.69) is 5.32 Å². The minimum absolute atomic E-state index is 0.114. The predicted molar refractivity (Wildman–Crippen MR) is 52.5 cm³/mol. The van der Waals surface area contributed by atoms with E-state index in [0.29, 0.717) is 6.61 Å². The molecule has 82 valence electrons. The van der Waals surface area contributed by atoms with Gasteiger partial charge in [-0.15, -0.1) is 0 Å². The van der Waals surface area contributed by atoms with E-state index in [-0.39, 0.29) is 18.4 Å². The minimum Gasteiger partial charge on any atom is -0.466 e. The van der Waals surface area contributed by atoms with E-state index in [1.807, 2.05) is 0 Å². The Balaban J connectivity index is 3.80. The highest BCUT2D eigenvalue weighted by Gasteiger charge is 2.14. The average molecular weight is 202 g/mol. The van der Waals surface area contributed by atoms with E-state index >= 15 is 0 Å². The van der Waals surface area contributed by atoms with Gasteiger partial charge < -0.3 is 15.8 Å². The van der Waals surface area contributed by atoms with Gasteiger partial charge in [0.15, 0.2) is 0 Å². The van der Waals surface area contributed by atoms with Gasteiger partial charge in [0.2, 0.25) is 5.91 Å². The molecule has 0 radical (unpaired) electrons. The largest absolute Gasteiger partial charge is 0.466 e. The molecule has 0 aromatic rings. The molecule has 0 fully saturated rings. The summed E-state index contributed by atoms with van der Waals surface area (Å²) in [5, 5.41) is 2.89. The molecule has 0 saturated carbocycles. The third-order valence-electron chi connectivity index (χ3n) is 1.74. The second-order valence-corrected chi connectivity index (χ2v) is 3.20. The lowest BCUT2D eigenvalue weighted by molar-refractivity contribution is -0.143. The molecular formula is C9H18N2O3. The third kappa shape index (κ3) is 5.53. The molecular weight excluding hydrogens is 184 g/mol. The van der Waals surface area contributed by atoms with Crippen LogP contribution >= 0.6 is 0 Å². The van der Waals surface area contributed by atoms with Crippen molar-refractivity contribution in [1.29, 1.82) is 0 Å². The zero-order chi connectivity index (χ0) is 11.1. The van der Waals surface area contributed by atoms with Crippen molar-refractivity contribution >= 4 is 11.9 Å². The molecule has 2 atom stereocenters. The van der Waals surface area contributed by atoms with Gasteiger partial charge in [-0.25, -0.2) is 0 Å². The molecule has 2 unspecified atom stereocenters. The summed E-state index contributed by atoms with van der Waals surface area (Å²) in [4.78, 5) is 21.7. The topological polar surface area (TPSA) is 81.4 Å². The number of hydrogen-bond donors (Lipinski definition) is 2. The van der Waals surface area contributed by atoms with E-state index < -0.39 is 11.9 Å². The van der Waals surface area contributed by atoms with E-state index in [9.17, 15) is 9.59 Å². The van der Waals surface area contributed by atoms with Crippen LogP contribution in [0.4, 0.5) is 0 Å². The Kier molecular flexibility index (Phi) is 5.87. The second-order valence-electron chi connectivity index (χ2n) is 3.20. The first-order valence-corrected chi connectivity index (χ1v) is 4.68. The fourth-order valence-electron chi connectivity index (χ4n) is 1.04. The van der Waals surface area contributed by atoms with Crippen LogP contribution in [-0.4, -0.2) is 30.6 Å². The van der Waals surface area contributed by atoms with Crippen molar-refractivity contribution in [2.45, 2.75) is 39.3 Å². The Hall–Kier alpha value is -1.10. The zero-order valence-corrected chi connectivity index (χ0v) is 8.87. The number of rotatable bonds is 6. The Bertz CT molecular complexity index is 206. The standard InChI is InChI=1S/C9H18N2O3/c1-4-14-8(12)5-6(2)11-7(3)9(10)13/h6-7,11H,4-5H2,1-3H3,(H2,10,13). The SMILES string of the molecule is CCOC(=O)CC(C)NC(C)C(N)=O. The number of nitrogens with one attached hydrogen (secondary N) is 1. The molecule has 5 heteroatoms. The summed E-state index contributed by atoms with van der Waals surface area (Å²) in [6, 6.07) is -0.545. The van der Waals surface area contributed by atoms with Crippen LogP contribution < -0.4 is 11.1 Å². The molecule has 0 aliphatic rings. The Morgan fingerprint density at radius 3 is 2.43 bits per heavy atom. The van der Waals surface area contributed by atoms with Gasteiger partial charge >= 0.3 is 5.97 Å². The molecule has 14 heavy (non-hydrogen) atoms. The van der Waals surface area contributed by atoms with Crippen LogP contribution in [-0.2, 0) is 14.3 Å². The average Bonchev–Trinajstić information content (AvgIpc) is 2.03. The number of esters is 1. The summed E-state index contributed by atoms with van der Waals surface area (Å²) in [5.74, 6) is -0.704. The van der Waals surface area contributed by atoms with Gasteiger partial charge in [0, 0.05) is 6.04 Å². The van der Waals surface area contributed by atoms with Crippen molar-refractivity contribution in [2.24, 2.45) is 5.73 Å². The first-order valence-electron chi connectivity index (χ1n) is 4.68. The summed E-state index contributed by atoms with van der Waals surface area (Å²) < 4.78 is 4.76. The molecule has 0 spiro atoms. The fraction of sp³-hybridized carbons (Fsp3) is 0.778. The van der Waals surface area contributed by atoms with Gasteiger partial charge in [-0.2, -0.15) is 0 Å². The highest BCUT2D eigenvalue weighted by atomic mass is 16.5. The third-order valence-corrected chi connectivity index (χ3v) is 1.74. The van der Waals surface area contributed by atoms with Crippen molar-refractivity contribution < 1.29 is 14.3 Å². The molecule has 0 saturated heterocycles. The predicted octanol–water partition coefficient (Wildman–Crippen LogP) is -0.208.